The standard InChI is InChI=1S/C27H31FN6O2S/c1-18-30-26(23-16-24(36-32-23)20-5-7-21(8-6-20)35-27(2,3)28)31-34(18)17-19-9-12-29-25(15-19)33-13-10-22(37-4)11-14-33/h5-9,12,15-16,22H,10-11,13-14,17H2,1-4H3. The van der Waals surface area contributed by atoms with Gasteiger partial charge in [-0.3, -0.25) is 0 Å². The Morgan fingerprint density at radius 3 is 2.59 bits per heavy atom. The number of halogens is 1. The Balaban J connectivity index is 1.28. The smallest absolute Gasteiger partial charge is 0.242 e. The summed E-state index contributed by atoms with van der Waals surface area (Å²) in [5.74, 6) is 1.57. The van der Waals surface area contributed by atoms with E-state index in [1.165, 1.54) is 26.7 Å². The number of pyridine rings is 1. The van der Waals surface area contributed by atoms with Crippen LogP contribution in [0.1, 0.15) is 38.1 Å². The van der Waals surface area contributed by atoms with Gasteiger partial charge in [-0.2, -0.15) is 16.2 Å². The van der Waals surface area contributed by atoms with Crippen molar-refractivity contribution in [2.45, 2.75) is 51.3 Å². The maximum absolute atomic E-state index is 13.7. The molecule has 0 spiro atoms. The molecule has 1 aliphatic heterocycles. The number of thioether (sulfide) groups is 1. The highest BCUT2D eigenvalue weighted by Gasteiger charge is 2.20. The highest BCUT2D eigenvalue weighted by atomic mass is 32.2. The van der Waals surface area contributed by atoms with Crippen LogP contribution in [0.25, 0.3) is 22.8 Å². The van der Waals surface area contributed by atoms with E-state index in [4.69, 9.17) is 9.26 Å². The van der Waals surface area contributed by atoms with Crippen LogP contribution >= 0.6 is 11.8 Å². The van der Waals surface area contributed by atoms with Crippen LogP contribution in [0.5, 0.6) is 5.75 Å². The van der Waals surface area contributed by atoms with Crippen LogP contribution < -0.4 is 9.64 Å². The molecule has 10 heteroatoms. The second-order valence-electron chi connectivity index (χ2n) is 9.65. The maximum atomic E-state index is 13.7. The summed E-state index contributed by atoms with van der Waals surface area (Å²) in [5.41, 5.74) is 2.47. The Hall–Kier alpha value is -3.40. The second-order valence-corrected chi connectivity index (χ2v) is 10.8. The summed E-state index contributed by atoms with van der Waals surface area (Å²) in [6.07, 6.45) is 6.43. The van der Waals surface area contributed by atoms with Crippen molar-refractivity contribution in [1.29, 1.82) is 0 Å². The average molecular weight is 523 g/mol. The number of aromatic nitrogens is 5. The fourth-order valence-corrected chi connectivity index (χ4v) is 5.07. The SMILES string of the molecule is CSC1CCN(c2cc(Cn3nc(-c4cc(-c5ccc(OC(C)(C)F)cc5)on4)nc3C)ccn2)CC1. The lowest BCUT2D eigenvalue weighted by Crippen LogP contribution is -2.35. The van der Waals surface area contributed by atoms with E-state index < -0.39 is 5.85 Å². The third-order valence-corrected chi connectivity index (χ3v) is 7.47. The first-order valence-electron chi connectivity index (χ1n) is 12.4. The number of hydrogen-bond acceptors (Lipinski definition) is 8. The Labute approximate surface area is 220 Å². The molecule has 0 amide bonds. The second kappa shape index (κ2) is 10.5. The molecule has 1 aliphatic rings. The molecule has 4 heterocycles. The lowest BCUT2D eigenvalue weighted by molar-refractivity contribution is -0.0256. The van der Waals surface area contributed by atoms with E-state index in [0.29, 0.717) is 29.6 Å². The molecule has 4 aromatic rings. The van der Waals surface area contributed by atoms with E-state index in [-0.39, 0.29) is 0 Å². The van der Waals surface area contributed by atoms with Crippen molar-refractivity contribution in [3.05, 3.63) is 60.0 Å². The third-order valence-electron chi connectivity index (χ3n) is 6.34. The molecule has 5 rings (SSSR count). The molecule has 1 fully saturated rings. The van der Waals surface area contributed by atoms with Gasteiger partial charge in [0.1, 0.15) is 17.4 Å². The highest BCUT2D eigenvalue weighted by Crippen LogP contribution is 2.28. The molecule has 1 aromatic carbocycles. The normalized spacial score (nSPS) is 14.8. The van der Waals surface area contributed by atoms with Gasteiger partial charge in [-0.15, -0.1) is 5.10 Å². The van der Waals surface area contributed by atoms with Gasteiger partial charge in [0.05, 0.1) is 6.54 Å². The van der Waals surface area contributed by atoms with Gasteiger partial charge in [-0.25, -0.2) is 14.6 Å². The molecular formula is C27H31FN6O2S. The average Bonchev–Trinajstić information content (AvgIpc) is 3.51. The van der Waals surface area contributed by atoms with E-state index in [0.717, 1.165) is 41.1 Å². The van der Waals surface area contributed by atoms with Gasteiger partial charge in [-0.1, -0.05) is 5.16 Å². The molecule has 0 atom stereocenters. The van der Waals surface area contributed by atoms with Crippen molar-refractivity contribution >= 4 is 17.6 Å². The molecule has 0 saturated carbocycles. The first-order valence-corrected chi connectivity index (χ1v) is 13.7. The fraction of sp³-hybridized carbons (Fsp3) is 0.407. The van der Waals surface area contributed by atoms with Gasteiger partial charge in [0.2, 0.25) is 11.7 Å². The first kappa shape index (κ1) is 25.3. The molecule has 8 nitrogen and oxygen atoms in total. The predicted molar refractivity (Wildman–Crippen MR) is 144 cm³/mol. The van der Waals surface area contributed by atoms with Crippen LogP contribution in [0.15, 0.2) is 53.2 Å². The van der Waals surface area contributed by atoms with Gasteiger partial charge in [0, 0.05) is 50.0 Å². The van der Waals surface area contributed by atoms with Crippen molar-refractivity contribution in [3.63, 3.8) is 0 Å². The number of rotatable bonds is 8. The zero-order chi connectivity index (χ0) is 26.0. The van der Waals surface area contributed by atoms with Crippen molar-refractivity contribution in [3.8, 4) is 28.6 Å². The van der Waals surface area contributed by atoms with Crippen LogP contribution in [0.4, 0.5) is 10.2 Å². The van der Waals surface area contributed by atoms with Crippen LogP contribution in [0.2, 0.25) is 0 Å². The maximum Gasteiger partial charge on any atom is 0.242 e. The Morgan fingerprint density at radius 2 is 1.89 bits per heavy atom. The van der Waals surface area contributed by atoms with Crippen LogP contribution in [0.3, 0.4) is 0 Å². The molecular weight excluding hydrogens is 491 g/mol. The zero-order valence-electron chi connectivity index (χ0n) is 21.5. The zero-order valence-corrected chi connectivity index (χ0v) is 22.3. The van der Waals surface area contributed by atoms with E-state index in [2.05, 4.69) is 37.4 Å². The summed E-state index contributed by atoms with van der Waals surface area (Å²) in [5, 5.41) is 9.60. The van der Waals surface area contributed by atoms with Crippen LogP contribution in [0, 0.1) is 6.92 Å². The van der Waals surface area contributed by atoms with E-state index in [1.807, 2.05) is 35.6 Å². The van der Waals surface area contributed by atoms with Crippen molar-refractivity contribution in [2.75, 3.05) is 24.2 Å². The number of hydrogen-bond donors (Lipinski definition) is 0. The number of benzene rings is 1. The number of ether oxygens (including phenoxy) is 1. The third kappa shape index (κ3) is 6.12. The molecule has 3 aromatic heterocycles. The Kier molecular flexibility index (Phi) is 7.19. The summed E-state index contributed by atoms with van der Waals surface area (Å²) in [6.45, 7) is 7.31. The predicted octanol–water partition coefficient (Wildman–Crippen LogP) is 5.77. The summed E-state index contributed by atoms with van der Waals surface area (Å²) >= 11 is 1.96. The van der Waals surface area contributed by atoms with Crippen molar-refractivity contribution in [1.82, 2.24) is 24.9 Å². The van der Waals surface area contributed by atoms with E-state index in [9.17, 15) is 4.39 Å². The number of aryl methyl sites for hydroxylation is 1. The monoisotopic (exact) mass is 522 g/mol. The minimum Gasteiger partial charge on any atom is -0.459 e. The number of anilines is 1. The quantitative estimate of drug-likeness (QED) is 0.289. The fourth-order valence-electron chi connectivity index (χ4n) is 4.39. The lowest BCUT2D eigenvalue weighted by atomic mass is 10.1. The summed E-state index contributed by atoms with van der Waals surface area (Å²) in [4.78, 5) is 11.6. The molecule has 194 valence electrons. The van der Waals surface area contributed by atoms with Gasteiger partial charge >= 0.3 is 0 Å². The van der Waals surface area contributed by atoms with Gasteiger partial charge in [-0.05, 0) is 68.0 Å². The molecule has 0 radical (unpaired) electrons. The molecule has 0 bridgehead atoms. The van der Waals surface area contributed by atoms with E-state index in [1.54, 1.807) is 30.3 Å². The number of nitrogens with zero attached hydrogens (tertiary/aromatic N) is 6. The highest BCUT2D eigenvalue weighted by molar-refractivity contribution is 7.99. The molecule has 0 unspecified atom stereocenters. The summed E-state index contributed by atoms with van der Waals surface area (Å²) < 4.78 is 26.4. The van der Waals surface area contributed by atoms with E-state index >= 15 is 0 Å². The minimum atomic E-state index is -1.74. The molecule has 0 aliphatic carbocycles. The number of piperidine rings is 1. The largest absolute Gasteiger partial charge is 0.459 e. The molecule has 37 heavy (non-hydrogen) atoms. The summed E-state index contributed by atoms with van der Waals surface area (Å²) in [7, 11) is 0. The van der Waals surface area contributed by atoms with Crippen molar-refractivity contribution in [2.24, 2.45) is 0 Å². The lowest BCUT2D eigenvalue weighted by Gasteiger charge is -2.32. The van der Waals surface area contributed by atoms with Gasteiger partial charge < -0.3 is 14.2 Å². The van der Waals surface area contributed by atoms with Crippen LogP contribution in [-0.4, -0.2) is 55.4 Å². The van der Waals surface area contributed by atoms with Gasteiger partial charge in [0.15, 0.2) is 11.5 Å². The first-order chi connectivity index (χ1) is 17.8. The van der Waals surface area contributed by atoms with Crippen molar-refractivity contribution < 1.29 is 13.7 Å². The Bertz CT molecular complexity index is 1340. The molecule has 1 saturated heterocycles. The van der Waals surface area contributed by atoms with Crippen LogP contribution in [-0.2, 0) is 6.54 Å². The summed E-state index contributed by atoms with van der Waals surface area (Å²) in [6, 6.07) is 13.0. The number of alkyl halides is 1. The minimum absolute atomic E-state index is 0.440. The Morgan fingerprint density at radius 1 is 1.14 bits per heavy atom. The topological polar surface area (TPSA) is 82.1 Å². The molecule has 0 N–H and O–H groups in total. The van der Waals surface area contributed by atoms with Gasteiger partial charge in [0.25, 0.3) is 0 Å².